The summed E-state index contributed by atoms with van der Waals surface area (Å²) in [4.78, 5) is 21.6. The van der Waals surface area contributed by atoms with Gasteiger partial charge >= 0.3 is 6.09 Å². The average molecular weight is 465 g/mol. The lowest BCUT2D eigenvalue weighted by atomic mass is 9.86. The first-order chi connectivity index (χ1) is 14.8. The minimum absolute atomic E-state index is 0.121. The van der Waals surface area contributed by atoms with Crippen molar-refractivity contribution in [3.63, 3.8) is 0 Å². The molecule has 1 saturated heterocycles. The van der Waals surface area contributed by atoms with Crippen molar-refractivity contribution in [1.82, 2.24) is 19.6 Å². The molecule has 168 valence electrons. The van der Waals surface area contributed by atoms with Gasteiger partial charge in [-0.05, 0) is 52.0 Å². The highest BCUT2D eigenvalue weighted by atomic mass is 32.2. The first-order valence-electron chi connectivity index (χ1n) is 10.7. The number of alkyl carbamates (subject to hydrolysis) is 1. The number of carbonyl (C=O) groups excluding carboxylic acids is 1. The Bertz CT molecular complexity index is 1030. The van der Waals surface area contributed by atoms with E-state index in [0.717, 1.165) is 42.0 Å². The molecule has 0 unspecified atom stereocenters. The number of pyridine rings is 1. The van der Waals surface area contributed by atoms with Crippen LogP contribution in [0.1, 0.15) is 56.9 Å². The standard InChI is InChI=1S/C21H28N4O4S2/c1-14(2)29-21(26)24-16-6-4-15(5-7-16)20-23-12-18(30-20)17-8-9-22-13-19(17)31(27,28)25-10-3-11-25/h8-9,12-16H,3-7,10-11H2,1-2H3,(H,24,26)/t15-,16-. The Hall–Kier alpha value is -2.04. The summed E-state index contributed by atoms with van der Waals surface area (Å²) in [7, 11) is -3.53. The molecule has 4 rings (SSSR count). The number of nitrogens with one attached hydrogen (secondary N) is 1. The van der Waals surface area contributed by atoms with E-state index < -0.39 is 10.0 Å². The lowest BCUT2D eigenvalue weighted by Gasteiger charge is -2.30. The third-order valence-electron chi connectivity index (χ3n) is 5.75. The highest BCUT2D eigenvalue weighted by molar-refractivity contribution is 7.89. The molecule has 1 aliphatic heterocycles. The van der Waals surface area contributed by atoms with E-state index in [9.17, 15) is 13.2 Å². The molecule has 1 saturated carbocycles. The van der Waals surface area contributed by atoms with Gasteiger partial charge < -0.3 is 10.1 Å². The molecule has 8 nitrogen and oxygen atoms in total. The number of amides is 1. The average Bonchev–Trinajstić information content (AvgIpc) is 3.16. The van der Waals surface area contributed by atoms with Gasteiger partial charge in [-0.3, -0.25) is 4.98 Å². The molecule has 2 fully saturated rings. The molecule has 1 aliphatic carbocycles. The zero-order chi connectivity index (χ0) is 22.0. The van der Waals surface area contributed by atoms with Crippen molar-refractivity contribution in [3.05, 3.63) is 29.7 Å². The maximum absolute atomic E-state index is 12.9. The second kappa shape index (κ2) is 9.22. The van der Waals surface area contributed by atoms with Gasteiger partial charge in [-0.2, -0.15) is 4.31 Å². The van der Waals surface area contributed by atoms with Gasteiger partial charge in [-0.25, -0.2) is 18.2 Å². The van der Waals surface area contributed by atoms with Crippen LogP contribution in [0.2, 0.25) is 0 Å². The zero-order valence-electron chi connectivity index (χ0n) is 17.8. The number of ether oxygens (including phenoxy) is 1. The molecule has 0 aromatic carbocycles. The van der Waals surface area contributed by atoms with Gasteiger partial charge in [0.25, 0.3) is 0 Å². The molecule has 0 atom stereocenters. The summed E-state index contributed by atoms with van der Waals surface area (Å²) in [5, 5.41) is 3.96. The van der Waals surface area contributed by atoms with E-state index in [2.05, 4.69) is 15.3 Å². The van der Waals surface area contributed by atoms with Crippen molar-refractivity contribution in [3.8, 4) is 10.4 Å². The van der Waals surface area contributed by atoms with Crippen LogP contribution in [0, 0.1) is 0 Å². The molecule has 2 aromatic rings. The van der Waals surface area contributed by atoms with E-state index in [4.69, 9.17) is 4.74 Å². The quantitative estimate of drug-likeness (QED) is 0.698. The van der Waals surface area contributed by atoms with Gasteiger partial charge in [-0.15, -0.1) is 11.3 Å². The number of hydrogen-bond acceptors (Lipinski definition) is 7. The van der Waals surface area contributed by atoms with Crippen molar-refractivity contribution in [2.45, 2.75) is 68.9 Å². The van der Waals surface area contributed by atoms with Gasteiger partial charge in [0, 0.05) is 49.2 Å². The molecule has 0 spiro atoms. The van der Waals surface area contributed by atoms with Gasteiger partial charge in [0.15, 0.2) is 0 Å². The van der Waals surface area contributed by atoms with Crippen molar-refractivity contribution < 1.29 is 17.9 Å². The summed E-state index contributed by atoms with van der Waals surface area (Å²) < 4.78 is 32.5. The molecule has 0 bridgehead atoms. The molecule has 2 aromatic heterocycles. The number of carbonyl (C=O) groups is 1. The number of thiazole rings is 1. The Morgan fingerprint density at radius 3 is 2.61 bits per heavy atom. The Morgan fingerprint density at radius 1 is 1.23 bits per heavy atom. The Balaban J connectivity index is 1.44. The van der Waals surface area contributed by atoms with Crippen molar-refractivity contribution in [2.75, 3.05) is 13.1 Å². The third-order valence-corrected chi connectivity index (χ3v) is 8.87. The Morgan fingerprint density at radius 2 is 1.97 bits per heavy atom. The second-order valence-corrected chi connectivity index (χ2v) is 11.3. The first-order valence-corrected chi connectivity index (χ1v) is 13.0. The SMILES string of the molecule is CC(C)OC(=O)N[C@H]1CC[C@H](c2ncc(-c3ccncc3S(=O)(=O)N3CCC3)s2)CC1. The van der Waals surface area contributed by atoms with Crippen LogP contribution in [-0.2, 0) is 14.8 Å². The van der Waals surface area contributed by atoms with Gasteiger partial charge in [-0.1, -0.05) is 0 Å². The maximum atomic E-state index is 12.9. The summed E-state index contributed by atoms with van der Waals surface area (Å²) in [6.07, 6.45) is 8.83. The van der Waals surface area contributed by atoms with Crippen LogP contribution in [0.5, 0.6) is 0 Å². The van der Waals surface area contributed by atoms with Gasteiger partial charge in [0.2, 0.25) is 10.0 Å². The van der Waals surface area contributed by atoms with Crippen molar-refractivity contribution >= 4 is 27.5 Å². The molecular weight excluding hydrogens is 436 g/mol. The smallest absolute Gasteiger partial charge is 0.407 e. The molecule has 1 N–H and O–H groups in total. The normalized spacial score (nSPS) is 22.2. The fourth-order valence-corrected chi connectivity index (χ4v) is 6.81. The van der Waals surface area contributed by atoms with Crippen LogP contribution in [0.15, 0.2) is 29.6 Å². The van der Waals surface area contributed by atoms with Crippen molar-refractivity contribution in [1.29, 1.82) is 0 Å². The third kappa shape index (κ3) is 4.91. The second-order valence-electron chi connectivity index (χ2n) is 8.34. The topological polar surface area (TPSA) is 101 Å². The molecule has 1 amide bonds. The summed E-state index contributed by atoms with van der Waals surface area (Å²) in [5.41, 5.74) is 0.664. The minimum Gasteiger partial charge on any atom is -0.447 e. The number of rotatable bonds is 6. The van der Waals surface area contributed by atoms with E-state index in [-0.39, 0.29) is 23.1 Å². The van der Waals surface area contributed by atoms with E-state index in [1.165, 1.54) is 10.5 Å². The zero-order valence-corrected chi connectivity index (χ0v) is 19.4. The van der Waals surface area contributed by atoms with Gasteiger partial charge in [0.05, 0.1) is 16.0 Å². The largest absolute Gasteiger partial charge is 0.447 e. The van der Waals surface area contributed by atoms with Crippen LogP contribution in [0.25, 0.3) is 10.4 Å². The van der Waals surface area contributed by atoms with E-state index in [1.54, 1.807) is 29.8 Å². The highest BCUT2D eigenvalue weighted by Gasteiger charge is 2.32. The molecule has 10 heteroatoms. The summed E-state index contributed by atoms with van der Waals surface area (Å²) in [6, 6.07) is 1.88. The predicted molar refractivity (Wildman–Crippen MR) is 118 cm³/mol. The molecular formula is C21H28N4O4S2. The Kier molecular flexibility index (Phi) is 6.59. The van der Waals surface area contributed by atoms with Crippen LogP contribution < -0.4 is 5.32 Å². The van der Waals surface area contributed by atoms with Crippen molar-refractivity contribution in [2.24, 2.45) is 0 Å². The molecule has 0 radical (unpaired) electrons. The predicted octanol–water partition coefficient (Wildman–Crippen LogP) is 3.76. The molecule has 3 heterocycles. The van der Waals surface area contributed by atoms with Crippen LogP contribution in [0.4, 0.5) is 4.79 Å². The molecule has 31 heavy (non-hydrogen) atoms. The van der Waals surface area contributed by atoms with Crippen LogP contribution in [-0.4, -0.2) is 54.0 Å². The fourth-order valence-electron chi connectivity index (χ4n) is 3.96. The Labute approximate surface area is 187 Å². The summed E-state index contributed by atoms with van der Waals surface area (Å²) in [6.45, 7) is 4.79. The monoisotopic (exact) mass is 464 g/mol. The van der Waals surface area contributed by atoms with E-state index >= 15 is 0 Å². The summed E-state index contributed by atoms with van der Waals surface area (Å²) >= 11 is 1.55. The van der Waals surface area contributed by atoms with Crippen LogP contribution >= 0.6 is 11.3 Å². The van der Waals surface area contributed by atoms with E-state index in [0.29, 0.717) is 24.6 Å². The fraction of sp³-hybridized carbons (Fsp3) is 0.571. The highest BCUT2D eigenvalue weighted by Crippen LogP contribution is 2.39. The lowest BCUT2D eigenvalue weighted by Crippen LogP contribution is -2.42. The minimum atomic E-state index is -3.53. The summed E-state index contributed by atoms with van der Waals surface area (Å²) in [5.74, 6) is 0.315. The first kappa shape index (κ1) is 22.2. The van der Waals surface area contributed by atoms with Crippen LogP contribution in [0.3, 0.4) is 0 Å². The number of hydrogen-bond donors (Lipinski definition) is 1. The number of aromatic nitrogens is 2. The molecule has 2 aliphatic rings. The maximum Gasteiger partial charge on any atom is 0.407 e. The lowest BCUT2D eigenvalue weighted by molar-refractivity contribution is 0.109. The van der Waals surface area contributed by atoms with E-state index in [1.807, 2.05) is 13.8 Å². The number of sulfonamides is 1. The van der Waals surface area contributed by atoms with Gasteiger partial charge in [0.1, 0.15) is 4.90 Å². The number of nitrogens with zero attached hydrogens (tertiary/aromatic N) is 3.